The van der Waals surface area contributed by atoms with Crippen molar-refractivity contribution in [2.45, 2.75) is 11.4 Å². The lowest BCUT2D eigenvalue weighted by molar-refractivity contribution is -0.136. The smallest absolute Gasteiger partial charge is 0.304 e. The molecule has 1 aromatic heterocycles. The molecule has 23 heavy (non-hydrogen) atoms. The van der Waals surface area contributed by atoms with Gasteiger partial charge < -0.3 is 14.6 Å². The lowest BCUT2D eigenvalue weighted by Gasteiger charge is -2.07. The fourth-order valence-corrected chi connectivity index (χ4v) is 2.99. The summed E-state index contributed by atoms with van der Waals surface area (Å²) in [5.74, 6) is 0.844. The van der Waals surface area contributed by atoms with Crippen LogP contribution < -0.4 is 9.47 Å². The predicted molar refractivity (Wildman–Crippen MR) is 83.5 cm³/mol. The third-order valence-corrected chi connectivity index (χ3v) is 4.20. The summed E-state index contributed by atoms with van der Waals surface area (Å²) in [7, 11) is 0. The minimum Gasteiger partial charge on any atom is -0.481 e. The Bertz CT molecular complexity index is 801. The number of thioether (sulfide) groups is 1. The van der Waals surface area contributed by atoms with E-state index in [4.69, 9.17) is 19.8 Å². The first-order valence-electron chi connectivity index (χ1n) is 6.83. The molecule has 1 aliphatic heterocycles. The molecule has 3 rings (SSSR count). The number of carboxylic acid groups (broad SMARTS) is 1. The van der Waals surface area contributed by atoms with E-state index in [1.807, 2.05) is 18.2 Å². The highest BCUT2D eigenvalue weighted by Crippen LogP contribution is 2.36. The van der Waals surface area contributed by atoms with E-state index in [1.165, 1.54) is 11.8 Å². The fraction of sp³-hybridized carbons (Fsp3) is 0.188. The number of nitriles is 1. The number of ether oxygens (including phenoxy) is 2. The van der Waals surface area contributed by atoms with Gasteiger partial charge in [0.1, 0.15) is 11.1 Å². The quantitative estimate of drug-likeness (QED) is 0.843. The number of hydrogen-bond acceptors (Lipinski definition) is 6. The molecule has 116 valence electrons. The average Bonchev–Trinajstić information content (AvgIpc) is 3.02. The van der Waals surface area contributed by atoms with Gasteiger partial charge in [0, 0.05) is 11.3 Å². The molecule has 0 spiro atoms. The molecular weight excluding hydrogens is 316 g/mol. The Hall–Kier alpha value is -2.72. The third-order valence-electron chi connectivity index (χ3n) is 3.20. The second-order valence-corrected chi connectivity index (χ2v) is 5.80. The van der Waals surface area contributed by atoms with E-state index >= 15 is 0 Å². The van der Waals surface area contributed by atoms with Gasteiger partial charge in [0.25, 0.3) is 0 Å². The Morgan fingerprint density at radius 3 is 2.91 bits per heavy atom. The highest BCUT2D eigenvalue weighted by Gasteiger charge is 2.15. The van der Waals surface area contributed by atoms with Crippen molar-refractivity contribution in [3.63, 3.8) is 0 Å². The molecule has 0 bridgehead atoms. The van der Waals surface area contributed by atoms with Crippen LogP contribution in [0.15, 0.2) is 35.4 Å². The summed E-state index contributed by atoms with van der Waals surface area (Å²) in [6, 6.07) is 11.0. The second kappa shape index (κ2) is 6.58. The zero-order valence-electron chi connectivity index (χ0n) is 12.0. The van der Waals surface area contributed by atoms with Crippen LogP contribution in [0.2, 0.25) is 0 Å². The summed E-state index contributed by atoms with van der Waals surface area (Å²) in [6.45, 7) is 0.204. The molecule has 0 radical (unpaired) electrons. The number of rotatable bonds is 5. The Morgan fingerprint density at radius 1 is 1.30 bits per heavy atom. The monoisotopic (exact) mass is 328 g/mol. The molecule has 7 heteroatoms. The van der Waals surface area contributed by atoms with Crippen LogP contribution >= 0.6 is 11.8 Å². The van der Waals surface area contributed by atoms with Crippen LogP contribution in [0.3, 0.4) is 0 Å². The van der Waals surface area contributed by atoms with Gasteiger partial charge in [-0.3, -0.25) is 4.79 Å². The van der Waals surface area contributed by atoms with Gasteiger partial charge in [-0.1, -0.05) is 0 Å². The van der Waals surface area contributed by atoms with Crippen molar-refractivity contribution < 1.29 is 19.4 Å². The number of aromatic nitrogens is 1. The second-order valence-electron chi connectivity index (χ2n) is 4.72. The van der Waals surface area contributed by atoms with E-state index < -0.39 is 5.97 Å². The highest BCUT2D eigenvalue weighted by atomic mass is 32.2. The van der Waals surface area contributed by atoms with Crippen molar-refractivity contribution in [3.8, 4) is 28.8 Å². The first kappa shape index (κ1) is 15.2. The molecule has 0 saturated heterocycles. The Morgan fingerprint density at radius 2 is 2.13 bits per heavy atom. The van der Waals surface area contributed by atoms with Crippen LogP contribution in [0.5, 0.6) is 11.5 Å². The maximum atomic E-state index is 10.6. The number of benzene rings is 1. The summed E-state index contributed by atoms with van der Waals surface area (Å²) in [6.07, 6.45) is 0.0193. The molecule has 0 aliphatic carbocycles. The largest absolute Gasteiger partial charge is 0.481 e. The summed E-state index contributed by atoms with van der Waals surface area (Å²) in [5, 5.41) is 18.4. The van der Waals surface area contributed by atoms with Crippen LogP contribution in [-0.2, 0) is 4.79 Å². The van der Waals surface area contributed by atoms with Crippen LogP contribution in [0, 0.1) is 11.3 Å². The maximum absolute atomic E-state index is 10.6. The normalized spacial score (nSPS) is 12.0. The van der Waals surface area contributed by atoms with Crippen molar-refractivity contribution in [2.24, 2.45) is 0 Å². The van der Waals surface area contributed by atoms with Crippen LogP contribution in [-0.4, -0.2) is 28.6 Å². The van der Waals surface area contributed by atoms with E-state index in [9.17, 15) is 4.79 Å². The van der Waals surface area contributed by atoms with Crippen molar-refractivity contribution in [3.05, 3.63) is 35.9 Å². The molecule has 6 nitrogen and oxygen atoms in total. The summed E-state index contributed by atoms with van der Waals surface area (Å²) in [5.41, 5.74) is 1.98. The minimum atomic E-state index is -0.872. The number of nitrogens with zero attached hydrogens (tertiary/aromatic N) is 2. The average molecular weight is 328 g/mol. The Balaban J connectivity index is 1.88. The van der Waals surface area contributed by atoms with Gasteiger partial charge in [-0.05, 0) is 30.3 Å². The third kappa shape index (κ3) is 3.38. The molecule has 1 aromatic carbocycles. The van der Waals surface area contributed by atoms with E-state index in [0.717, 1.165) is 5.56 Å². The molecule has 0 amide bonds. The number of carbonyl (C=O) groups is 1. The topological polar surface area (TPSA) is 92.4 Å². The van der Waals surface area contributed by atoms with Crippen molar-refractivity contribution in [2.75, 3.05) is 12.5 Å². The highest BCUT2D eigenvalue weighted by molar-refractivity contribution is 7.99. The SMILES string of the molecule is N#Cc1ccc(-c2ccc3c(c2)OCO3)nc1SCCC(=O)O. The number of hydrogen-bond donors (Lipinski definition) is 1. The molecule has 2 heterocycles. The van der Waals surface area contributed by atoms with E-state index in [0.29, 0.717) is 33.5 Å². The molecule has 1 aliphatic rings. The van der Waals surface area contributed by atoms with Gasteiger partial charge in [-0.25, -0.2) is 4.98 Å². The van der Waals surface area contributed by atoms with Crippen molar-refractivity contribution in [1.29, 1.82) is 5.26 Å². The molecular formula is C16H12N2O4S. The lowest BCUT2D eigenvalue weighted by atomic mass is 10.1. The standard InChI is InChI=1S/C16H12N2O4S/c17-8-11-1-3-12(18-16(11)23-6-5-15(19)20)10-2-4-13-14(7-10)22-9-21-13/h1-4,7H,5-6,9H2,(H,19,20). The summed E-state index contributed by atoms with van der Waals surface area (Å²) in [4.78, 5) is 15.1. The first-order valence-corrected chi connectivity index (χ1v) is 7.81. The van der Waals surface area contributed by atoms with Crippen molar-refractivity contribution >= 4 is 17.7 Å². The number of pyridine rings is 1. The predicted octanol–water partition coefficient (Wildman–Crippen LogP) is 2.92. The fourth-order valence-electron chi connectivity index (χ4n) is 2.09. The Labute approximate surface area is 136 Å². The Kier molecular flexibility index (Phi) is 4.35. The molecule has 0 saturated carbocycles. The van der Waals surface area contributed by atoms with Gasteiger partial charge in [0.2, 0.25) is 6.79 Å². The maximum Gasteiger partial charge on any atom is 0.304 e. The minimum absolute atomic E-state index is 0.0193. The number of aliphatic carboxylic acids is 1. The molecule has 1 N–H and O–H groups in total. The zero-order valence-corrected chi connectivity index (χ0v) is 12.8. The van der Waals surface area contributed by atoms with Gasteiger partial charge in [-0.2, -0.15) is 5.26 Å². The summed E-state index contributed by atoms with van der Waals surface area (Å²) >= 11 is 1.26. The van der Waals surface area contributed by atoms with Gasteiger partial charge in [0.15, 0.2) is 11.5 Å². The molecule has 0 fully saturated rings. The van der Waals surface area contributed by atoms with Crippen LogP contribution in [0.4, 0.5) is 0 Å². The van der Waals surface area contributed by atoms with Crippen LogP contribution in [0.25, 0.3) is 11.3 Å². The van der Waals surface area contributed by atoms with Crippen molar-refractivity contribution in [1.82, 2.24) is 4.98 Å². The number of fused-ring (bicyclic) bond motifs is 1. The van der Waals surface area contributed by atoms with Gasteiger partial charge in [-0.15, -0.1) is 11.8 Å². The van der Waals surface area contributed by atoms with E-state index in [2.05, 4.69) is 11.1 Å². The first-order chi connectivity index (χ1) is 11.2. The summed E-state index contributed by atoms with van der Waals surface area (Å²) < 4.78 is 10.6. The van der Waals surface area contributed by atoms with Gasteiger partial charge in [0.05, 0.1) is 17.7 Å². The van der Waals surface area contributed by atoms with Gasteiger partial charge >= 0.3 is 5.97 Å². The lowest BCUT2D eigenvalue weighted by Crippen LogP contribution is -1.97. The molecule has 2 aromatic rings. The van der Waals surface area contributed by atoms with Crippen LogP contribution in [0.1, 0.15) is 12.0 Å². The van der Waals surface area contributed by atoms with E-state index in [1.54, 1.807) is 12.1 Å². The number of carboxylic acids is 1. The van der Waals surface area contributed by atoms with E-state index in [-0.39, 0.29) is 13.2 Å². The zero-order chi connectivity index (χ0) is 16.2. The molecule has 0 unspecified atom stereocenters. The molecule has 0 atom stereocenters.